The molecule has 1 heterocycles. The molecule has 84 valence electrons. The Balaban J connectivity index is 2.18. The maximum absolute atomic E-state index is 9.31. The average Bonchev–Trinajstić information content (AvgIpc) is 2.75. The van der Waals surface area contributed by atoms with Crippen LogP contribution >= 0.6 is 0 Å². The van der Waals surface area contributed by atoms with Crippen LogP contribution in [0.2, 0.25) is 0 Å². The number of hydrogen-bond acceptors (Lipinski definition) is 5. The second kappa shape index (κ2) is 4.76. The van der Waals surface area contributed by atoms with Gasteiger partial charge in [-0.3, -0.25) is 0 Å². The lowest BCUT2D eigenvalue weighted by molar-refractivity contribution is 0.199. The second-order valence-electron chi connectivity index (χ2n) is 3.31. The molecule has 5 nitrogen and oxygen atoms in total. The van der Waals surface area contributed by atoms with Gasteiger partial charge in [0.2, 0.25) is 0 Å². The summed E-state index contributed by atoms with van der Waals surface area (Å²) in [5, 5.41) is 13.1. The number of phenolic OH excluding ortho intramolecular Hbond substituents is 1. The van der Waals surface area contributed by atoms with E-state index in [0.29, 0.717) is 30.3 Å². The van der Waals surface area contributed by atoms with Gasteiger partial charge in [-0.15, -0.1) is 0 Å². The summed E-state index contributed by atoms with van der Waals surface area (Å²) in [7, 11) is 1.62. The maximum atomic E-state index is 9.31. The van der Waals surface area contributed by atoms with Crippen LogP contribution in [0, 0.1) is 0 Å². The predicted octanol–water partition coefficient (Wildman–Crippen LogP) is 1.63. The van der Waals surface area contributed by atoms with Gasteiger partial charge in [-0.25, -0.2) is 0 Å². The van der Waals surface area contributed by atoms with Crippen molar-refractivity contribution in [1.29, 1.82) is 0 Å². The zero-order valence-corrected chi connectivity index (χ0v) is 8.88. The fourth-order valence-corrected chi connectivity index (χ4v) is 1.31. The quantitative estimate of drug-likeness (QED) is 0.848. The van der Waals surface area contributed by atoms with Crippen molar-refractivity contribution < 1.29 is 14.4 Å². The van der Waals surface area contributed by atoms with E-state index < -0.39 is 0 Å². The van der Waals surface area contributed by atoms with Gasteiger partial charge in [0.05, 0.1) is 6.61 Å². The number of phenols is 1. The van der Waals surface area contributed by atoms with Gasteiger partial charge in [-0.1, -0.05) is 11.2 Å². The van der Waals surface area contributed by atoms with Crippen molar-refractivity contribution in [2.75, 3.05) is 13.7 Å². The van der Waals surface area contributed by atoms with E-state index in [1.165, 1.54) is 0 Å². The van der Waals surface area contributed by atoms with E-state index in [-0.39, 0.29) is 5.75 Å². The Bertz CT molecular complexity index is 468. The van der Waals surface area contributed by atoms with Gasteiger partial charge >= 0.3 is 0 Å². The molecule has 0 aliphatic heterocycles. The number of rotatable bonds is 4. The minimum Gasteiger partial charge on any atom is -0.508 e. The van der Waals surface area contributed by atoms with Crippen molar-refractivity contribution in [2.24, 2.45) is 0 Å². The highest BCUT2D eigenvalue weighted by molar-refractivity contribution is 5.55. The number of hydrogen-bond donors (Lipinski definition) is 1. The van der Waals surface area contributed by atoms with Crippen molar-refractivity contribution in [2.45, 2.75) is 6.42 Å². The number of aromatic hydroxyl groups is 1. The van der Waals surface area contributed by atoms with E-state index in [9.17, 15) is 5.11 Å². The Morgan fingerprint density at radius 1 is 1.44 bits per heavy atom. The Kier molecular flexibility index (Phi) is 3.16. The van der Waals surface area contributed by atoms with Gasteiger partial charge in [0.15, 0.2) is 5.82 Å². The third-order valence-corrected chi connectivity index (χ3v) is 2.09. The first kappa shape index (κ1) is 10.6. The maximum Gasteiger partial charge on any atom is 0.258 e. The zero-order valence-electron chi connectivity index (χ0n) is 8.88. The average molecular weight is 220 g/mol. The van der Waals surface area contributed by atoms with Gasteiger partial charge in [0, 0.05) is 19.1 Å². The molecule has 1 aromatic heterocycles. The van der Waals surface area contributed by atoms with E-state index in [1.807, 2.05) is 0 Å². The molecule has 0 aliphatic carbocycles. The summed E-state index contributed by atoms with van der Waals surface area (Å²) in [6.45, 7) is 0.555. The number of nitrogens with zero attached hydrogens (tertiary/aromatic N) is 2. The molecule has 0 atom stereocenters. The first-order valence-electron chi connectivity index (χ1n) is 4.90. The molecule has 0 aliphatic rings. The molecule has 0 amide bonds. The molecule has 2 rings (SSSR count). The first-order chi connectivity index (χ1) is 7.79. The van der Waals surface area contributed by atoms with Crippen LogP contribution in [0.1, 0.15) is 5.82 Å². The Labute approximate surface area is 92.7 Å². The van der Waals surface area contributed by atoms with Gasteiger partial charge in [-0.2, -0.15) is 4.98 Å². The number of methoxy groups -OCH3 is 1. The molecule has 1 N–H and O–H groups in total. The van der Waals surface area contributed by atoms with Crippen LogP contribution in [0.5, 0.6) is 5.75 Å². The van der Waals surface area contributed by atoms with E-state index in [2.05, 4.69) is 10.1 Å². The zero-order chi connectivity index (χ0) is 11.4. The molecule has 16 heavy (non-hydrogen) atoms. The minimum atomic E-state index is 0.175. The lowest BCUT2D eigenvalue weighted by Gasteiger charge is -1.94. The number of benzene rings is 1. The van der Waals surface area contributed by atoms with Gasteiger partial charge in [0.25, 0.3) is 5.89 Å². The number of ether oxygens (including phenoxy) is 1. The molecular formula is C11H12N2O3. The lowest BCUT2D eigenvalue weighted by atomic mass is 10.2. The van der Waals surface area contributed by atoms with Crippen LogP contribution in [0.4, 0.5) is 0 Å². The third-order valence-electron chi connectivity index (χ3n) is 2.09. The highest BCUT2D eigenvalue weighted by atomic mass is 16.5. The van der Waals surface area contributed by atoms with Crippen molar-refractivity contribution >= 4 is 0 Å². The molecule has 0 radical (unpaired) electrons. The Morgan fingerprint density at radius 2 is 2.31 bits per heavy atom. The van der Waals surface area contributed by atoms with Crippen molar-refractivity contribution in [3.63, 3.8) is 0 Å². The second-order valence-corrected chi connectivity index (χ2v) is 3.31. The van der Waals surface area contributed by atoms with E-state index in [1.54, 1.807) is 31.4 Å². The first-order valence-corrected chi connectivity index (χ1v) is 4.90. The normalized spacial score (nSPS) is 10.6. The van der Waals surface area contributed by atoms with Gasteiger partial charge < -0.3 is 14.4 Å². The van der Waals surface area contributed by atoms with Crippen molar-refractivity contribution in [3.8, 4) is 17.2 Å². The smallest absolute Gasteiger partial charge is 0.258 e. The topological polar surface area (TPSA) is 68.4 Å². The summed E-state index contributed by atoms with van der Waals surface area (Å²) in [6.07, 6.45) is 0.610. The van der Waals surface area contributed by atoms with Crippen LogP contribution in [0.3, 0.4) is 0 Å². The van der Waals surface area contributed by atoms with E-state index in [4.69, 9.17) is 9.26 Å². The summed E-state index contributed by atoms with van der Waals surface area (Å²) in [6, 6.07) is 6.69. The molecule has 0 saturated heterocycles. The fourth-order valence-electron chi connectivity index (χ4n) is 1.31. The molecular weight excluding hydrogens is 208 g/mol. The van der Waals surface area contributed by atoms with Crippen LogP contribution < -0.4 is 0 Å². The molecule has 0 saturated carbocycles. The lowest BCUT2D eigenvalue weighted by Crippen LogP contribution is -1.96. The Morgan fingerprint density at radius 3 is 3.06 bits per heavy atom. The monoisotopic (exact) mass is 220 g/mol. The standard InChI is InChI=1S/C11H12N2O3/c1-15-6-5-10-12-11(16-13-10)8-3-2-4-9(14)7-8/h2-4,7,14H,5-6H2,1H3. The van der Waals surface area contributed by atoms with Gasteiger partial charge in [-0.05, 0) is 18.2 Å². The van der Waals surface area contributed by atoms with Crippen molar-refractivity contribution in [1.82, 2.24) is 10.1 Å². The van der Waals surface area contributed by atoms with Gasteiger partial charge in [0.1, 0.15) is 5.75 Å². The van der Waals surface area contributed by atoms with Crippen LogP contribution in [0.25, 0.3) is 11.5 Å². The fraction of sp³-hybridized carbons (Fsp3) is 0.273. The highest BCUT2D eigenvalue weighted by Gasteiger charge is 2.08. The predicted molar refractivity (Wildman–Crippen MR) is 57.0 cm³/mol. The SMILES string of the molecule is COCCc1noc(-c2cccc(O)c2)n1. The number of aromatic nitrogens is 2. The van der Waals surface area contributed by atoms with Crippen LogP contribution in [-0.4, -0.2) is 29.0 Å². The minimum absolute atomic E-state index is 0.175. The molecule has 0 fully saturated rings. The van der Waals surface area contributed by atoms with Crippen LogP contribution in [-0.2, 0) is 11.2 Å². The van der Waals surface area contributed by atoms with Crippen molar-refractivity contribution in [3.05, 3.63) is 30.1 Å². The summed E-state index contributed by atoms with van der Waals surface area (Å²) in [5.41, 5.74) is 0.705. The molecule has 0 bridgehead atoms. The summed E-state index contributed by atoms with van der Waals surface area (Å²) in [4.78, 5) is 4.19. The third kappa shape index (κ3) is 2.38. The summed E-state index contributed by atoms with van der Waals surface area (Å²) < 4.78 is 9.99. The van der Waals surface area contributed by atoms with E-state index >= 15 is 0 Å². The molecule has 0 unspecified atom stereocenters. The van der Waals surface area contributed by atoms with E-state index in [0.717, 1.165) is 0 Å². The highest BCUT2D eigenvalue weighted by Crippen LogP contribution is 2.21. The Hall–Kier alpha value is -1.88. The molecule has 1 aromatic carbocycles. The summed E-state index contributed by atoms with van der Waals surface area (Å²) in [5.74, 6) is 1.18. The van der Waals surface area contributed by atoms with Crippen LogP contribution in [0.15, 0.2) is 28.8 Å². The largest absolute Gasteiger partial charge is 0.508 e. The molecule has 0 spiro atoms. The summed E-state index contributed by atoms with van der Waals surface area (Å²) >= 11 is 0. The molecule has 2 aromatic rings. The molecule has 5 heteroatoms.